The van der Waals surface area contributed by atoms with Crippen LogP contribution in [0.1, 0.15) is 39.2 Å². The summed E-state index contributed by atoms with van der Waals surface area (Å²) in [6, 6.07) is 5.65. The number of oxime groups is 1. The third-order valence-electron chi connectivity index (χ3n) is 5.45. The molecule has 1 aromatic rings. The number of nitro groups is 1. The number of nitrogens with one attached hydrogen (secondary N) is 1. The number of non-ortho nitro benzene ring substituents is 1. The molecular formula is C23H30N4O7. The molecule has 11 nitrogen and oxygen atoms in total. The molecule has 1 aromatic carbocycles. The summed E-state index contributed by atoms with van der Waals surface area (Å²) in [5.74, 6) is -2.48. The number of esters is 2. The van der Waals surface area contributed by atoms with Crippen LogP contribution in [0.5, 0.6) is 0 Å². The minimum Gasteiger partial charge on any atom is -0.463 e. The Morgan fingerprint density at radius 1 is 1.21 bits per heavy atom. The first-order valence-corrected chi connectivity index (χ1v) is 11.0. The molecule has 0 aromatic heterocycles. The number of carbonyl (C=O) groups is 2. The highest BCUT2D eigenvalue weighted by atomic mass is 16.6. The molecule has 0 saturated heterocycles. The Kier molecular flexibility index (Phi) is 9.75. The lowest BCUT2D eigenvalue weighted by atomic mass is 9.80. The molecule has 0 spiro atoms. The number of nitrogens with zero attached hydrogens (tertiary/aromatic N) is 3. The summed E-state index contributed by atoms with van der Waals surface area (Å²) in [4.78, 5) is 39.1. The molecule has 0 radical (unpaired) electrons. The predicted octanol–water partition coefficient (Wildman–Crippen LogP) is 2.72. The van der Waals surface area contributed by atoms with Crippen LogP contribution in [-0.4, -0.2) is 66.0 Å². The first-order valence-electron chi connectivity index (χ1n) is 11.0. The van der Waals surface area contributed by atoms with E-state index in [1.165, 1.54) is 18.2 Å². The van der Waals surface area contributed by atoms with E-state index in [2.05, 4.69) is 15.4 Å². The summed E-state index contributed by atoms with van der Waals surface area (Å²) in [6.45, 7) is 9.55. The maximum atomic E-state index is 13.2. The minimum atomic E-state index is -1.05. The van der Waals surface area contributed by atoms with E-state index in [4.69, 9.17) is 14.7 Å². The van der Waals surface area contributed by atoms with Crippen LogP contribution in [0, 0.1) is 10.1 Å². The topological polar surface area (TPSA) is 144 Å². The van der Waals surface area contributed by atoms with Gasteiger partial charge in [0.05, 0.1) is 40.5 Å². The highest BCUT2D eigenvalue weighted by molar-refractivity contribution is 6.04. The fourth-order valence-electron chi connectivity index (χ4n) is 3.76. The average Bonchev–Trinajstić information content (AvgIpc) is 2.81. The third kappa shape index (κ3) is 6.19. The number of benzene rings is 1. The summed E-state index contributed by atoms with van der Waals surface area (Å²) < 4.78 is 10.7. The monoisotopic (exact) mass is 474 g/mol. The van der Waals surface area contributed by atoms with E-state index < -0.39 is 22.8 Å². The van der Waals surface area contributed by atoms with E-state index in [0.29, 0.717) is 17.8 Å². The van der Waals surface area contributed by atoms with Gasteiger partial charge in [-0.15, -0.1) is 0 Å². The number of allylic oxidation sites excluding steroid dienone is 2. The van der Waals surface area contributed by atoms with Crippen molar-refractivity contribution >= 4 is 23.8 Å². The second kappa shape index (κ2) is 12.5. The van der Waals surface area contributed by atoms with Crippen LogP contribution in [0.15, 0.2) is 52.0 Å². The Hall–Kier alpha value is -3.73. The van der Waals surface area contributed by atoms with Crippen molar-refractivity contribution in [3.05, 3.63) is 62.5 Å². The largest absolute Gasteiger partial charge is 0.463 e. The molecule has 1 aliphatic heterocycles. The Morgan fingerprint density at radius 3 is 2.47 bits per heavy atom. The van der Waals surface area contributed by atoms with Gasteiger partial charge in [-0.1, -0.05) is 31.1 Å². The molecule has 0 fully saturated rings. The molecule has 1 aliphatic rings. The van der Waals surface area contributed by atoms with Crippen molar-refractivity contribution in [3.8, 4) is 0 Å². The maximum Gasteiger partial charge on any atom is 0.337 e. The first kappa shape index (κ1) is 26.5. The van der Waals surface area contributed by atoms with Gasteiger partial charge in [-0.05, 0) is 32.5 Å². The third-order valence-corrected chi connectivity index (χ3v) is 5.45. The van der Waals surface area contributed by atoms with E-state index in [1.54, 1.807) is 19.9 Å². The summed E-state index contributed by atoms with van der Waals surface area (Å²) in [6.07, 6.45) is 1.02. The van der Waals surface area contributed by atoms with Gasteiger partial charge >= 0.3 is 11.9 Å². The lowest BCUT2D eigenvalue weighted by molar-refractivity contribution is -0.384. The van der Waals surface area contributed by atoms with Crippen LogP contribution in [0.25, 0.3) is 0 Å². The van der Waals surface area contributed by atoms with Crippen molar-refractivity contribution in [2.45, 2.75) is 33.6 Å². The van der Waals surface area contributed by atoms with Gasteiger partial charge in [0.25, 0.3) is 5.69 Å². The zero-order chi connectivity index (χ0) is 25.3. The first-order chi connectivity index (χ1) is 16.3. The summed E-state index contributed by atoms with van der Waals surface area (Å²) in [5.41, 5.74) is 0.655. The molecule has 1 unspecified atom stereocenters. The van der Waals surface area contributed by atoms with E-state index in [0.717, 1.165) is 19.3 Å². The number of hydrogen-bond acceptors (Lipinski definition) is 10. The number of rotatable bonds is 11. The van der Waals surface area contributed by atoms with Crippen LogP contribution >= 0.6 is 0 Å². The van der Waals surface area contributed by atoms with Gasteiger partial charge in [-0.25, -0.2) is 9.59 Å². The van der Waals surface area contributed by atoms with E-state index in [1.807, 2.05) is 13.8 Å². The number of nitro benzene ring substituents is 1. The van der Waals surface area contributed by atoms with Gasteiger partial charge in [-0.2, -0.15) is 0 Å². The molecule has 0 bridgehead atoms. The van der Waals surface area contributed by atoms with Crippen molar-refractivity contribution in [1.29, 1.82) is 0 Å². The summed E-state index contributed by atoms with van der Waals surface area (Å²) in [5, 5.41) is 26.4. The summed E-state index contributed by atoms with van der Waals surface area (Å²) in [7, 11) is 0. The van der Waals surface area contributed by atoms with Gasteiger partial charge in [0.15, 0.2) is 0 Å². The van der Waals surface area contributed by atoms with Gasteiger partial charge in [0.1, 0.15) is 6.61 Å². The quantitative estimate of drug-likeness (QED) is 0.163. The van der Waals surface area contributed by atoms with Crippen LogP contribution in [0.2, 0.25) is 0 Å². The molecule has 1 atom stereocenters. The minimum absolute atomic E-state index is 0.0264. The number of dihydropyridines is 1. The molecule has 0 amide bonds. The normalized spacial score (nSPS) is 16.1. The Bertz CT molecular complexity index is 1010. The molecule has 11 heteroatoms. The number of likely N-dealkylation sites (N-methyl/N-ethyl adjacent to an activating group) is 1. The fourth-order valence-corrected chi connectivity index (χ4v) is 3.76. The average molecular weight is 475 g/mol. The molecule has 2 rings (SSSR count). The lowest BCUT2D eigenvalue weighted by Crippen LogP contribution is -2.35. The van der Waals surface area contributed by atoms with E-state index >= 15 is 0 Å². The Labute approximate surface area is 197 Å². The Balaban J connectivity index is 2.59. The molecule has 1 heterocycles. The van der Waals surface area contributed by atoms with Crippen molar-refractivity contribution < 1.29 is 29.2 Å². The lowest BCUT2D eigenvalue weighted by Gasteiger charge is -2.30. The molecule has 0 aliphatic carbocycles. The molecule has 2 N–H and O–H groups in total. The van der Waals surface area contributed by atoms with Gasteiger partial charge in [0, 0.05) is 24.4 Å². The molecular weight excluding hydrogens is 444 g/mol. The zero-order valence-corrected chi connectivity index (χ0v) is 19.7. The maximum absolute atomic E-state index is 13.2. The van der Waals surface area contributed by atoms with E-state index in [-0.39, 0.29) is 35.7 Å². The predicted molar refractivity (Wildman–Crippen MR) is 124 cm³/mol. The van der Waals surface area contributed by atoms with Crippen molar-refractivity contribution in [2.24, 2.45) is 5.16 Å². The molecule has 34 heavy (non-hydrogen) atoms. The number of ether oxygens (including phenoxy) is 2. The second-order valence-electron chi connectivity index (χ2n) is 7.40. The number of carbonyl (C=O) groups excluding carboxylic acids is 2. The van der Waals surface area contributed by atoms with Crippen LogP contribution in [-0.2, 0) is 19.1 Å². The van der Waals surface area contributed by atoms with Crippen molar-refractivity contribution in [2.75, 3.05) is 32.8 Å². The molecule has 184 valence electrons. The van der Waals surface area contributed by atoms with Gasteiger partial charge < -0.3 is 24.9 Å². The number of hydrogen-bond donors (Lipinski definition) is 2. The highest BCUT2D eigenvalue weighted by Gasteiger charge is 2.39. The molecule has 0 saturated carbocycles. The van der Waals surface area contributed by atoms with E-state index in [9.17, 15) is 19.7 Å². The fraction of sp³-hybridized carbons (Fsp3) is 0.435. The van der Waals surface area contributed by atoms with Gasteiger partial charge in [-0.3, -0.25) is 10.1 Å². The van der Waals surface area contributed by atoms with Crippen molar-refractivity contribution in [1.82, 2.24) is 10.2 Å². The Morgan fingerprint density at radius 2 is 1.88 bits per heavy atom. The standard InChI is InChI=1S/C23H30N4O7/c1-5-26(6-2)11-12-34-22(28)19-15(4)25-18(14-24-30)21(23(29)33-7-3)20(19)16-9-8-10-17(13-16)27(31)32/h8-10,13-14,20,25,30H,5-7,11-12H2,1-4H3/b24-14-. The highest BCUT2D eigenvalue weighted by Crippen LogP contribution is 2.40. The summed E-state index contributed by atoms with van der Waals surface area (Å²) >= 11 is 0. The zero-order valence-electron chi connectivity index (χ0n) is 19.7. The van der Waals surface area contributed by atoms with Crippen LogP contribution in [0.3, 0.4) is 0 Å². The smallest absolute Gasteiger partial charge is 0.337 e. The van der Waals surface area contributed by atoms with Crippen molar-refractivity contribution in [3.63, 3.8) is 0 Å². The van der Waals surface area contributed by atoms with Gasteiger partial charge in [0.2, 0.25) is 0 Å². The SMILES string of the molecule is CCOC(=O)C1=C(/C=N\O)NC(C)=C(C(=O)OCCN(CC)CC)C1c1cccc([N+](=O)[O-])c1. The second-order valence-corrected chi connectivity index (χ2v) is 7.40. The van der Waals surface area contributed by atoms with Crippen LogP contribution in [0.4, 0.5) is 5.69 Å². The van der Waals surface area contributed by atoms with Crippen LogP contribution < -0.4 is 5.32 Å².